The van der Waals surface area contributed by atoms with Gasteiger partial charge in [0.25, 0.3) is 0 Å². The third kappa shape index (κ3) is 4.22. The third-order valence-corrected chi connectivity index (χ3v) is 3.27. The van der Waals surface area contributed by atoms with Crippen LogP contribution in [0.25, 0.3) is 0 Å². The van der Waals surface area contributed by atoms with Crippen LogP contribution in [0.15, 0.2) is 23.1 Å². The normalized spacial score (nSPS) is 10.6. The van der Waals surface area contributed by atoms with Gasteiger partial charge in [-0.05, 0) is 36.9 Å². The average molecular weight is 227 g/mol. The maximum Gasteiger partial charge on any atom is 0.137 e. The monoisotopic (exact) mass is 227 g/mol. The Hall–Kier alpha value is -0.540. The van der Waals surface area contributed by atoms with Crippen molar-refractivity contribution < 1.29 is 4.39 Å². The van der Waals surface area contributed by atoms with E-state index in [4.69, 9.17) is 0 Å². The van der Waals surface area contributed by atoms with E-state index in [0.29, 0.717) is 0 Å². The molecule has 1 nitrogen and oxygen atoms in total. The van der Waals surface area contributed by atoms with E-state index in [-0.39, 0.29) is 5.82 Å². The second kappa shape index (κ2) is 6.85. The molecule has 0 aliphatic heterocycles. The summed E-state index contributed by atoms with van der Waals surface area (Å²) in [7, 11) is 1.86. The molecule has 0 spiro atoms. The molecule has 1 aromatic rings. The average Bonchev–Trinajstić information content (AvgIpc) is 2.22. The van der Waals surface area contributed by atoms with Gasteiger partial charge in [-0.1, -0.05) is 19.4 Å². The predicted molar refractivity (Wildman–Crippen MR) is 64.8 cm³/mol. The summed E-state index contributed by atoms with van der Waals surface area (Å²) in [5.41, 5.74) is 0.995. The lowest BCUT2D eigenvalue weighted by molar-refractivity contribution is 0.598. The summed E-state index contributed by atoms with van der Waals surface area (Å²) in [6, 6.07) is 5.47. The van der Waals surface area contributed by atoms with Crippen LogP contribution in [0.4, 0.5) is 4.39 Å². The number of thioether (sulfide) groups is 1. The number of hydrogen-bond donors (Lipinski definition) is 1. The number of unbranched alkanes of at least 4 members (excludes halogenated alkanes) is 1. The van der Waals surface area contributed by atoms with E-state index in [2.05, 4.69) is 12.2 Å². The van der Waals surface area contributed by atoms with Crippen molar-refractivity contribution in [2.45, 2.75) is 31.2 Å². The Morgan fingerprint density at radius 1 is 1.40 bits per heavy atom. The van der Waals surface area contributed by atoms with Crippen molar-refractivity contribution >= 4 is 11.8 Å². The fourth-order valence-electron chi connectivity index (χ4n) is 1.30. The van der Waals surface area contributed by atoms with Gasteiger partial charge >= 0.3 is 0 Å². The topological polar surface area (TPSA) is 12.0 Å². The van der Waals surface area contributed by atoms with Crippen LogP contribution in [-0.2, 0) is 6.54 Å². The molecule has 0 fully saturated rings. The minimum Gasteiger partial charge on any atom is -0.316 e. The molecule has 0 atom stereocenters. The quantitative estimate of drug-likeness (QED) is 0.590. The SMILES string of the molecule is CCCCSc1ccc(CNC)cc1F. The van der Waals surface area contributed by atoms with Crippen LogP contribution in [0.3, 0.4) is 0 Å². The molecule has 0 heterocycles. The van der Waals surface area contributed by atoms with Crippen molar-refractivity contribution in [2.24, 2.45) is 0 Å². The Morgan fingerprint density at radius 2 is 2.20 bits per heavy atom. The first-order chi connectivity index (χ1) is 7.27. The summed E-state index contributed by atoms with van der Waals surface area (Å²) >= 11 is 1.60. The molecule has 15 heavy (non-hydrogen) atoms. The molecule has 0 aromatic heterocycles. The van der Waals surface area contributed by atoms with Crippen molar-refractivity contribution in [3.63, 3.8) is 0 Å². The van der Waals surface area contributed by atoms with Gasteiger partial charge in [-0.3, -0.25) is 0 Å². The van der Waals surface area contributed by atoms with E-state index in [1.165, 1.54) is 0 Å². The van der Waals surface area contributed by atoms with Crippen molar-refractivity contribution in [1.82, 2.24) is 5.32 Å². The molecule has 1 N–H and O–H groups in total. The smallest absolute Gasteiger partial charge is 0.137 e. The first kappa shape index (κ1) is 12.5. The van der Waals surface area contributed by atoms with Crippen LogP contribution in [-0.4, -0.2) is 12.8 Å². The lowest BCUT2D eigenvalue weighted by atomic mass is 10.2. The molecule has 0 unspecified atom stereocenters. The van der Waals surface area contributed by atoms with E-state index >= 15 is 0 Å². The third-order valence-electron chi connectivity index (χ3n) is 2.13. The Labute approximate surface area is 95.5 Å². The Morgan fingerprint density at radius 3 is 2.80 bits per heavy atom. The van der Waals surface area contributed by atoms with E-state index in [1.807, 2.05) is 19.2 Å². The highest BCUT2D eigenvalue weighted by Crippen LogP contribution is 2.23. The van der Waals surface area contributed by atoms with E-state index < -0.39 is 0 Å². The Balaban J connectivity index is 2.58. The molecule has 0 saturated heterocycles. The van der Waals surface area contributed by atoms with E-state index in [1.54, 1.807) is 17.8 Å². The van der Waals surface area contributed by atoms with Gasteiger partial charge in [-0.15, -0.1) is 11.8 Å². The number of hydrogen-bond acceptors (Lipinski definition) is 2. The summed E-state index contributed by atoms with van der Waals surface area (Å²) < 4.78 is 13.6. The van der Waals surface area contributed by atoms with Gasteiger partial charge in [0.2, 0.25) is 0 Å². The molecular weight excluding hydrogens is 209 g/mol. The molecule has 0 aliphatic rings. The molecule has 3 heteroatoms. The van der Waals surface area contributed by atoms with Crippen LogP contribution in [0.5, 0.6) is 0 Å². The predicted octanol–water partition coefficient (Wildman–Crippen LogP) is 3.44. The zero-order valence-electron chi connectivity index (χ0n) is 9.35. The van der Waals surface area contributed by atoms with Gasteiger partial charge < -0.3 is 5.32 Å². The van der Waals surface area contributed by atoms with Crippen molar-refractivity contribution in [1.29, 1.82) is 0 Å². The summed E-state index contributed by atoms with van der Waals surface area (Å²) in [6.45, 7) is 2.86. The number of benzene rings is 1. The van der Waals surface area contributed by atoms with Gasteiger partial charge in [0.1, 0.15) is 5.82 Å². The number of rotatable bonds is 6. The summed E-state index contributed by atoms with van der Waals surface area (Å²) in [4.78, 5) is 0.767. The highest BCUT2D eigenvalue weighted by molar-refractivity contribution is 7.99. The molecule has 84 valence electrons. The zero-order chi connectivity index (χ0) is 11.1. The van der Waals surface area contributed by atoms with Crippen LogP contribution in [0.1, 0.15) is 25.3 Å². The lowest BCUT2D eigenvalue weighted by Crippen LogP contribution is -2.05. The zero-order valence-corrected chi connectivity index (χ0v) is 10.2. The maximum atomic E-state index is 13.6. The van der Waals surface area contributed by atoms with Crippen molar-refractivity contribution in [3.8, 4) is 0 Å². The number of nitrogens with one attached hydrogen (secondary N) is 1. The van der Waals surface area contributed by atoms with Gasteiger partial charge in [0.05, 0.1) is 0 Å². The molecule has 0 radical (unpaired) electrons. The van der Waals surface area contributed by atoms with Crippen LogP contribution >= 0.6 is 11.8 Å². The fraction of sp³-hybridized carbons (Fsp3) is 0.500. The fourth-order valence-corrected chi connectivity index (χ4v) is 2.32. The van der Waals surface area contributed by atoms with Crippen LogP contribution in [0.2, 0.25) is 0 Å². The van der Waals surface area contributed by atoms with E-state index in [9.17, 15) is 4.39 Å². The van der Waals surface area contributed by atoms with Crippen molar-refractivity contribution in [2.75, 3.05) is 12.8 Å². The van der Waals surface area contributed by atoms with E-state index in [0.717, 1.165) is 35.6 Å². The van der Waals surface area contributed by atoms with Gasteiger partial charge in [0, 0.05) is 11.4 Å². The molecule has 0 saturated carbocycles. The number of halogens is 1. The Kier molecular flexibility index (Phi) is 5.73. The molecule has 0 amide bonds. The first-order valence-corrected chi connectivity index (χ1v) is 6.32. The lowest BCUT2D eigenvalue weighted by Gasteiger charge is -2.05. The standard InChI is InChI=1S/C12H18FNS/c1-3-4-7-15-12-6-5-10(9-14-2)8-11(12)13/h5-6,8,14H,3-4,7,9H2,1-2H3. The second-order valence-electron chi connectivity index (χ2n) is 3.50. The molecule has 1 rings (SSSR count). The molecule has 0 bridgehead atoms. The van der Waals surface area contributed by atoms with Crippen LogP contribution < -0.4 is 5.32 Å². The van der Waals surface area contributed by atoms with Gasteiger partial charge in [0.15, 0.2) is 0 Å². The maximum absolute atomic E-state index is 13.6. The van der Waals surface area contributed by atoms with Crippen molar-refractivity contribution in [3.05, 3.63) is 29.6 Å². The first-order valence-electron chi connectivity index (χ1n) is 5.33. The highest BCUT2D eigenvalue weighted by atomic mass is 32.2. The molecule has 1 aromatic carbocycles. The summed E-state index contributed by atoms with van der Waals surface area (Å²) in [5.74, 6) is 0.905. The minimum atomic E-state index is -0.0937. The van der Waals surface area contributed by atoms with Gasteiger partial charge in [-0.2, -0.15) is 0 Å². The minimum absolute atomic E-state index is 0.0937. The Bertz CT molecular complexity index is 302. The second-order valence-corrected chi connectivity index (χ2v) is 4.63. The van der Waals surface area contributed by atoms with Crippen LogP contribution in [0, 0.1) is 5.82 Å². The molecule has 0 aliphatic carbocycles. The largest absolute Gasteiger partial charge is 0.316 e. The summed E-state index contributed by atoms with van der Waals surface area (Å²) in [6.07, 6.45) is 2.30. The molecular formula is C12H18FNS. The van der Waals surface area contributed by atoms with Gasteiger partial charge in [-0.25, -0.2) is 4.39 Å². The highest BCUT2D eigenvalue weighted by Gasteiger charge is 2.03. The summed E-state index contributed by atoms with van der Waals surface area (Å²) in [5, 5.41) is 3.01.